The molecule has 0 saturated carbocycles. The number of thiocarbonyl (C=S) groups is 1. The highest BCUT2D eigenvalue weighted by molar-refractivity contribution is 7.80. The third kappa shape index (κ3) is 7.57. The van der Waals surface area contributed by atoms with Crippen LogP contribution in [0.25, 0.3) is 0 Å². The van der Waals surface area contributed by atoms with E-state index in [0.717, 1.165) is 45.2 Å². The van der Waals surface area contributed by atoms with Gasteiger partial charge >= 0.3 is 0 Å². The number of aryl methyl sites for hydroxylation is 2. The Labute approximate surface area is 196 Å². The van der Waals surface area contributed by atoms with Crippen LogP contribution in [0.4, 0.5) is 0 Å². The van der Waals surface area contributed by atoms with E-state index in [1.165, 1.54) is 22.3 Å². The summed E-state index contributed by atoms with van der Waals surface area (Å²) in [5.74, 6) is 0.712. The zero-order chi connectivity index (χ0) is 22.6. The molecule has 32 heavy (non-hydrogen) atoms. The molecule has 0 radical (unpaired) electrons. The van der Waals surface area contributed by atoms with Gasteiger partial charge in [-0.05, 0) is 78.7 Å². The minimum absolute atomic E-state index is 0.182. The number of methoxy groups -OCH3 is 1. The Hall–Kier alpha value is -3.05. The van der Waals surface area contributed by atoms with Crippen molar-refractivity contribution in [2.45, 2.75) is 32.1 Å². The molecule has 0 bridgehead atoms. The zero-order valence-corrected chi connectivity index (χ0v) is 19.5. The third-order valence-corrected chi connectivity index (χ3v) is 5.78. The molecule has 3 aromatic rings. The van der Waals surface area contributed by atoms with E-state index >= 15 is 0 Å². The van der Waals surface area contributed by atoms with Gasteiger partial charge in [0, 0.05) is 13.1 Å². The molecule has 0 aromatic heterocycles. The van der Waals surface area contributed by atoms with Gasteiger partial charge in [0.05, 0.1) is 7.11 Å². The zero-order valence-electron chi connectivity index (χ0n) is 18.6. The molecular weight excluding hydrogens is 416 g/mol. The lowest BCUT2D eigenvalue weighted by molar-refractivity contribution is 0.373. The largest absolute Gasteiger partial charge is 0.504 e. The van der Waals surface area contributed by atoms with Crippen molar-refractivity contribution in [3.8, 4) is 11.5 Å². The summed E-state index contributed by atoms with van der Waals surface area (Å²) >= 11 is 5.42. The molecule has 0 aliphatic rings. The number of phenols is 1. The minimum atomic E-state index is 0.182. The topological polar surface area (TPSA) is 53.5 Å². The number of hydrogen-bond acceptors (Lipinski definition) is 3. The molecule has 3 aromatic carbocycles. The van der Waals surface area contributed by atoms with Gasteiger partial charge in [-0.3, -0.25) is 0 Å². The molecule has 0 aliphatic heterocycles. The van der Waals surface area contributed by atoms with Crippen molar-refractivity contribution in [1.29, 1.82) is 0 Å². The summed E-state index contributed by atoms with van der Waals surface area (Å²) in [4.78, 5) is 0. The van der Waals surface area contributed by atoms with Gasteiger partial charge in [-0.2, -0.15) is 0 Å². The van der Waals surface area contributed by atoms with Crippen molar-refractivity contribution in [3.63, 3.8) is 0 Å². The van der Waals surface area contributed by atoms with Gasteiger partial charge in [-0.25, -0.2) is 0 Å². The molecular formula is C27H32N2O2S. The lowest BCUT2D eigenvalue weighted by Crippen LogP contribution is -2.37. The summed E-state index contributed by atoms with van der Waals surface area (Å²) in [6.07, 6.45) is 4.89. The minimum Gasteiger partial charge on any atom is -0.504 e. The molecule has 0 spiro atoms. The Bertz CT molecular complexity index is 992. The molecule has 0 saturated heterocycles. The van der Waals surface area contributed by atoms with E-state index in [4.69, 9.17) is 17.0 Å². The lowest BCUT2D eigenvalue weighted by Gasteiger charge is -2.13. The van der Waals surface area contributed by atoms with E-state index in [9.17, 15) is 5.11 Å². The number of aromatic hydroxyl groups is 1. The Morgan fingerprint density at radius 3 is 2.16 bits per heavy atom. The number of phenolic OH excluding ortho intramolecular Hbond substituents is 1. The van der Waals surface area contributed by atoms with Crippen LogP contribution in [0.5, 0.6) is 11.5 Å². The van der Waals surface area contributed by atoms with Crippen LogP contribution in [0.2, 0.25) is 0 Å². The second-order valence-electron chi connectivity index (χ2n) is 7.80. The SMILES string of the molecule is COc1cc(CCCc2ccccc2CCNC(=S)NCCc2ccccc2)ccc1O. The highest BCUT2D eigenvalue weighted by atomic mass is 32.1. The first kappa shape index (κ1) is 23.6. The molecule has 0 fully saturated rings. The van der Waals surface area contributed by atoms with E-state index in [0.29, 0.717) is 10.9 Å². The van der Waals surface area contributed by atoms with Crippen molar-refractivity contribution < 1.29 is 9.84 Å². The maximum Gasteiger partial charge on any atom is 0.166 e. The molecule has 4 nitrogen and oxygen atoms in total. The molecule has 0 aliphatic carbocycles. The average Bonchev–Trinajstić information content (AvgIpc) is 2.82. The molecule has 0 atom stereocenters. The number of benzene rings is 3. The summed E-state index contributed by atoms with van der Waals surface area (Å²) in [6.45, 7) is 1.64. The first-order valence-electron chi connectivity index (χ1n) is 11.1. The smallest absolute Gasteiger partial charge is 0.166 e. The van der Waals surface area contributed by atoms with Crippen molar-refractivity contribution in [1.82, 2.24) is 10.6 Å². The number of nitrogens with one attached hydrogen (secondary N) is 2. The summed E-state index contributed by atoms with van der Waals surface area (Å²) in [7, 11) is 1.58. The average molecular weight is 449 g/mol. The fourth-order valence-corrected chi connectivity index (χ4v) is 3.95. The van der Waals surface area contributed by atoms with Crippen LogP contribution in [0.1, 0.15) is 28.7 Å². The predicted octanol–water partition coefficient (Wildman–Crippen LogP) is 4.83. The van der Waals surface area contributed by atoms with E-state index in [1.807, 2.05) is 18.2 Å². The summed E-state index contributed by atoms with van der Waals surface area (Å²) < 4.78 is 5.21. The van der Waals surface area contributed by atoms with Gasteiger partial charge in [0.15, 0.2) is 16.6 Å². The fourth-order valence-electron chi connectivity index (χ4n) is 3.74. The van der Waals surface area contributed by atoms with Crippen molar-refractivity contribution in [3.05, 3.63) is 95.1 Å². The van der Waals surface area contributed by atoms with Gasteiger partial charge in [-0.15, -0.1) is 0 Å². The fraction of sp³-hybridized carbons (Fsp3) is 0.296. The van der Waals surface area contributed by atoms with Gasteiger partial charge < -0.3 is 20.5 Å². The normalized spacial score (nSPS) is 10.5. The Kier molecular flexibility index (Phi) is 9.38. The Balaban J connectivity index is 1.40. The number of ether oxygens (including phenoxy) is 1. The molecule has 0 amide bonds. The van der Waals surface area contributed by atoms with E-state index < -0.39 is 0 Å². The Morgan fingerprint density at radius 1 is 0.781 bits per heavy atom. The van der Waals surface area contributed by atoms with Crippen LogP contribution in [0, 0.1) is 0 Å². The molecule has 3 rings (SSSR count). The summed E-state index contributed by atoms with van der Waals surface area (Å²) in [5.41, 5.74) is 5.21. The van der Waals surface area contributed by atoms with Gasteiger partial charge in [0.1, 0.15) is 0 Å². The van der Waals surface area contributed by atoms with E-state index in [1.54, 1.807) is 13.2 Å². The summed E-state index contributed by atoms with van der Waals surface area (Å²) in [5, 5.41) is 17.1. The van der Waals surface area contributed by atoms with Crippen LogP contribution >= 0.6 is 12.2 Å². The molecule has 0 heterocycles. The third-order valence-electron chi connectivity index (χ3n) is 5.50. The quantitative estimate of drug-likeness (QED) is 0.367. The van der Waals surface area contributed by atoms with Crippen LogP contribution in [-0.4, -0.2) is 30.4 Å². The Morgan fingerprint density at radius 2 is 1.44 bits per heavy atom. The number of rotatable bonds is 11. The molecule has 168 valence electrons. The van der Waals surface area contributed by atoms with Gasteiger partial charge in [0.2, 0.25) is 0 Å². The molecule has 0 unspecified atom stereocenters. The van der Waals surface area contributed by atoms with Gasteiger partial charge in [0.25, 0.3) is 0 Å². The second-order valence-corrected chi connectivity index (χ2v) is 8.20. The van der Waals surface area contributed by atoms with Crippen molar-refractivity contribution in [2.75, 3.05) is 20.2 Å². The van der Waals surface area contributed by atoms with Crippen LogP contribution < -0.4 is 15.4 Å². The lowest BCUT2D eigenvalue weighted by atomic mass is 9.98. The standard InChI is InChI=1S/C27H32N2O2S/c1-31-26-20-22(14-15-25(26)30)10-7-13-23-11-5-6-12-24(23)17-19-29-27(32)28-18-16-21-8-3-2-4-9-21/h2-6,8-9,11-12,14-15,20,30H,7,10,13,16-19H2,1H3,(H2,28,29,32). The highest BCUT2D eigenvalue weighted by Crippen LogP contribution is 2.27. The van der Waals surface area contributed by atoms with E-state index in [-0.39, 0.29) is 5.75 Å². The molecule has 5 heteroatoms. The highest BCUT2D eigenvalue weighted by Gasteiger charge is 2.06. The van der Waals surface area contributed by atoms with Crippen LogP contribution in [-0.2, 0) is 25.7 Å². The summed E-state index contributed by atoms with van der Waals surface area (Å²) in [6, 6.07) is 24.6. The monoisotopic (exact) mass is 448 g/mol. The van der Waals surface area contributed by atoms with Gasteiger partial charge in [-0.1, -0.05) is 60.7 Å². The first-order valence-corrected chi connectivity index (χ1v) is 11.5. The van der Waals surface area contributed by atoms with Crippen molar-refractivity contribution in [2.24, 2.45) is 0 Å². The van der Waals surface area contributed by atoms with Crippen molar-refractivity contribution >= 4 is 17.3 Å². The first-order chi connectivity index (χ1) is 15.7. The maximum absolute atomic E-state index is 9.75. The second kappa shape index (κ2) is 12.7. The maximum atomic E-state index is 9.75. The predicted molar refractivity (Wildman–Crippen MR) is 136 cm³/mol. The van der Waals surface area contributed by atoms with Crippen LogP contribution in [0.3, 0.4) is 0 Å². The van der Waals surface area contributed by atoms with Crippen LogP contribution in [0.15, 0.2) is 72.8 Å². The molecule has 3 N–H and O–H groups in total. The number of hydrogen-bond donors (Lipinski definition) is 3. The van der Waals surface area contributed by atoms with E-state index in [2.05, 4.69) is 59.2 Å².